The molecule has 11 heavy (non-hydrogen) atoms. The van der Waals surface area contributed by atoms with Gasteiger partial charge in [0.1, 0.15) is 5.78 Å². The van der Waals surface area contributed by atoms with Crippen molar-refractivity contribution in [3.05, 3.63) is 12.2 Å². The minimum absolute atomic E-state index is 0.429. The monoisotopic (exact) mass is 148 g/mol. The normalized spacial score (nSPS) is 56.3. The second-order valence-electron chi connectivity index (χ2n) is 4.24. The summed E-state index contributed by atoms with van der Waals surface area (Å²) in [6.45, 7) is 1.75. The van der Waals surface area contributed by atoms with E-state index in [0.717, 1.165) is 23.7 Å². The molecule has 0 radical (unpaired) electrons. The fraction of sp³-hybridized carbons (Fsp3) is 0.700. The fourth-order valence-corrected chi connectivity index (χ4v) is 3.33. The van der Waals surface area contributed by atoms with Crippen LogP contribution in [0.25, 0.3) is 0 Å². The highest BCUT2D eigenvalue weighted by Crippen LogP contribution is 2.66. The third-order valence-electron chi connectivity index (χ3n) is 3.74. The summed E-state index contributed by atoms with van der Waals surface area (Å²) in [7, 11) is 0. The van der Waals surface area contributed by atoms with Gasteiger partial charge in [0.05, 0.1) is 0 Å². The molecule has 0 aromatic heterocycles. The van der Waals surface area contributed by atoms with Gasteiger partial charge in [0.15, 0.2) is 0 Å². The van der Waals surface area contributed by atoms with Crippen LogP contribution in [0.15, 0.2) is 12.2 Å². The lowest BCUT2D eigenvalue weighted by Crippen LogP contribution is -2.05. The van der Waals surface area contributed by atoms with Crippen LogP contribution in [0.1, 0.15) is 13.3 Å². The predicted molar refractivity (Wildman–Crippen MR) is 41.9 cm³/mol. The van der Waals surface area contributed by atoms with Crippen LogP contribution in [-0.2, 0) is 4.79 Å². The van der Waals surface area contributed by atoms with Crippen molar-refractivity contribution in [3.8, 4) is 0 Å². The van der Waals surface area contributed by atoms with E-state index in [9.17, 15) is 4.79 Å². The van der Waals surface area contributed by atoms with Crippen molar-refractivity contribution in [2.75, 3.05) is 0 Å². The van der Waals surface area contributed by atoms with Gasteiger partial charge in [-0.25, -0.2) is 0 Å². The quantitative estimate of drug-likeness (QED) is 0.517. The van der Waals surface area contributed by atoms with Crippen molar-refractivity contribution < 1.29 is 4.79 Å². The maximum absolute atomic E-state index is 11.1. The van der Waals surface area contributed by atoms with Gasteiger partial charge in [0, 0.05) is 5.92 Å². The van der Waals surface area contributed by atoms with E-state index in [4.69, 9.17) is 0 Å². The Kier molecular flexibility index (Phi) is 0.869. The molecule has 2 bridgehead atoms. The van der Waals surface area contributed by atoms with Crippen LogP contribution >= 0.6 is 0 Å². The molecule has 3 aliphatic carbocycles. The van der Waals surface area contributed by atoms with Crippen LogP contribution in [0.5, 0.6) is 0 Å². The number of Topliss-reactive ketones (excluding diaryl/α,β-unsaturated/α-hetero) is 1. The second-order valence-corrected chi connectivity index (χ2v) is 4.24. The van der Waals surface area contributed by atoms with Gasteiger partial charge in [-0.05, 0) is 37.0 Å². The number of hydrogen-bond donors (Lipinski definition) is 0. The van der Waals surface area contributed by atoms with Crippen LogP contribution in [0.3, 0.4) is 0 Å². The van der Waals surface area contributed by atoms with Gasteiger partial charge in [-0.3, -0.25) is 4.79 Å². The van der Waals surface area contributed by atoms with Crippen molar-refractivity contribution in [1.29, 1.82) is 0 Å². The van der Waals surface area contributed by atoms with E-state index in [-0.39, 0.29) is 0 Å². The average Bonchev–Trinajstić information content (AvgIpc) is 2.44. The maximum Gasteiger partial charge on any atom is 0.133 e. The molecule has 58 valence electrons. The van der Waals surface area contributed by atoms with E-state index in [1.165, 1.54) is 6.42 Å². The van der Waals surface area contributed by atoms with Crippen molar-refractivity contribution in [1.82, 2.24) is 0 Å². The average molecular weight is 148 g/mol. The molecule has 4 unspecified atom stereocenters. The minimum atomic E-state index is 0.429. The van der Waals surface area contributed by atoms with Gasteiger partial charge >= 0.3 is 0 Å². The second kappa shape index (κ2) is 1.60. The first-order valence-electron chi connectivity index (χ1n) is 4.48. The van der Waals surface area contributed by atoms with E-state index in [1.807, 2.05) is 0 Å². The van der Waals surface area contributed by atoms with Gasteiger partial charge in [-0.15, -0.1) is 0 Å². The summed E-state index contributed by atoms with van der Waals surface area (Å²) in [5.74, 6) is 3.97. The molecule has 0 heterocycles. The Morgan fingerprint density at radius 3 is 2.27 bits per heavy atom. The number of ketones is 1. The summed E-state index contributed by atoms with van der Waals surface area (Å²) in [5, 5.41) is 0. The lowest BCUT2D eigenvalue weighted by Gasteiger charge is -2.04. The van der Waals surface area contributed by atoms with E-state index in [2.05, 4.69) is 12.2 Å². The van der Waals surface area contributed by atoms with Crippen LogP contribution < -0.4 is 0 Å². The maximum atomic E-state index is 11.1. The van der Waals surface area contributed by atoms with Gasteiger partial charge in [-0.1, -0.05) is 12.2 Å². The molecular formula is C10H12O. The zero-order valence-electron chi connectivity index (χ0n) is 6.66. The Morgan fingerprint density at radius 1 is 1.27 bits per heavy atom. The summed E-state index contributed by atoms with van der Waals surface area (Å²) in [5.41, 5.74) is 0. The number of carbonyl (C=O) groups excluding carboxylic acids is 1. The van der Waals surface area contributed by atoms with E-state index >= 15 is 0 Å². The molecule has 1 nitrogen and oxygen atoms in total. The Balaban J connectivity index is 1.90. The largest absolute Gasteiger partial charge is 0.300 e. The zero-order valence-corrected chi connectivity index (χ0v) is 6.66. The molecule has 0 amide bonds. The first-order valence-corrected chi connectivity index (χ1v) is 4.48. The molecular weight excluding hydrogens is 136 g/mol. The first kappa shape index (κ1) is 5.99. The van der Waals surface area contributed by atoms with Crippen molar-refractivity contribution in [2.45, 2.75) is 13.3 Å². The Bertz CT molecular complexity index is 236. The summed E-state index contributed by atoms with van der Waals surface area (Å²) >= 11 is 0. The summed E-state index contributed by atoms with van der Waals surface area (Å²) in [6, 6.07) is 0. The molecule has 3 rings (SSSR count). The highest BCUT2D eigenvalue weighted by atomic mass is 16.1. The third kappa shape index (κ3) is 0.559. The van der Waals surface area contributed by atoms with Crippen LogP contribution in [0.4, 0.5) is 0 Å². The van der Waals surface area contributed by atoms with E-state index in [1.54, 1.807) is 6.92 Å². The SMILES string of the molecule is CC(=O)C1C2C3C=CC(C3)C12. The number of carbonyl (C=O) groups is 1. The van der Waals surface area contributed by atoms with Crippen molar-refractivity contribution >= 4 is 5.78 Å². The molecule has 0 aromatic rings. The van der Waals surface area contributed by atoms with Gasteiger partial charge in [0.2, 0.25) is 0 Å². The van der Waals surface area contributed by atoms with Crippen LogP contribution in [-0.4, -0.2) is 5.78 Å². The summed E-state index contributed by atoms with van der Waals surface area (Å²) < 4.78 is 0. The Morgan fingerprint density at radius 2 is 1.82 bits per heavy atom. The van der Waals surface area contributed by atoms with Gasteiger partial charge < -0.3 is 0 Å². The zero-order chi connectivity index (χ0) is 7.59. The lowest BCUT2D eigenvalue weighted by molar-refractivity contribution is -0.119. The lowest BCUT2D eigenvalue weighted by atomic mass is 9.99. The molecule has 2 saturated carbocycles. The number of rotatable bonds is 1. The molecule has 3 aliphatic rings. The van der Waals surface area contributed by atoms with Gasteiger partial charge in [0.25, 0.3) is 0 Å². The van der Waals surface area contributed by atoms with Crippen molar-refractivity contribution in [3.63, 3.8) is 0 Å². The smallest absolute Gasteiger partial charge is 0.133 e. The highest BCUT2D eigenvalue weighted by molar-refractivity contribution is 5.82. The topological polar surface area (TPSA) is 17.1 Å². The van der Waals surface area contributed by atoms with Crippen LogP contribution in [0, 0.1) is 29.6 Å². The molecule has 0 aromatic carbocycles. The molecule has 0 N–H and O–H groups in total. The van der Waals surface area contributed by atoms with Crippen molar-refractivity contribution in [2.24, 2.45) is 29.6 Å². The molecule has 2 fully saturated rings. The molecule has 1 heteroatoms. The molecule has 0 aliphatic heterocycles. The minimum Gasteiger partial charge on any atom is -0.300 e. The summed E-state index contributed by atoms with van der Waals surface area (Å²) in [6.07, 6.45) is 6.00. The number of hydrogen-bond acceptors (Lipinski definition) is 1. The summed E-state index contributed by atoms with van der Waals surface area (Å²) in [4.78, 5) is 11.1. The van der Waals surface area contributed by atoms with E-state index < -0.39 is 0 Å². The van der Waals surface area contributed by atoms with Gasteiger partial charge in [-0.2, -0.15) is 0 Å². The standard InChI is InChI=1S/C10H12O/c1-5(11)8-9-6-2-3-7(4-6)10(8)9/h2-3,6-10H,4H2,1H3. The van der Waals surface area contributed by atoms with Crippen LogP contribution in [0.2, 0.25) is 0 Å². The Hall–Kier alpha value is -0.590. The molecule has 4 atom stereocenters. The fourth-order valence-electron chi connectivity index (χ4n) is 3.33. The number of allylic oxidation sites excluding steroid dienone is 2. The third-order valence-corrected chi connectivity index (χ3v) is 3.74. The highest BCUT2D eigenvalue weighted by Gasteiger charge is 2.64. The predicted octanol–water partition coefficient (Wildman–Crippen LogP) is 1.64. The molecule has 0 spiro atoms. The molecule has 0 saturated heterocycles. The first-order chi connectivity index (χ1) is 5.29. The number of fused-ring (bicyclic) bond motifs is 5. The van der Waals surface area contributed by atoms with E-state index in [0.29, 0.717) is 11.7 Å². The Labute approximate surface area is 66.5 Å².